The van der Waals surface area contributed by atoms with Gasteiger partial charge in [0, 0.05) is 33.1 Å². The molecule has 5 N–H and O–H groups in total. The number of aliphatic hydroxyl groups is 2. The summed E-state index contributed by atoms with van der Waals surface area (Å²) >= 11 is 13.2. The second kappa shape index (κ2) is 9.49. The number of benzene rings is 3. The summed E-state index contributed by atoms with van der Waals surface area (Å²) in [6.07, 6.45) is 5.16. The summed E-state index contributed by atoms with van der Waals surface area (Å²) in [6, 6.07) is 12.0. The zero-order chi connectivity index (χ0) is 29.4. The third-order valence-electron chi connectivity index (χ3n) is 7.60. The van der Waals surface area contributed by atoms with E-state index in [1.165, 1.54) is 21.9 Å². The monoisotopic (exact) mass is 588 g/mol. The third kappa shape index (κ3) is 4.22. The minimum absolute atomic E-state index is 0.227. The van der Waals surface area contributed by atoms with E-state index in [9.17, 15) is 19.8 Å². The van der Waals surface area contributed by atoms with Gasteiger partial charge in [-0.3, -0.25) is 14.6 Å². The Morgan fingerprint density at radius 3 is 2.61 bits per heavy atom. The van der Waals surface area contributed by atoms with Crippen molar-refractivity contribution < 1.29 is 19.8 Å². The number of aromatic amines is 1. The number of halogens is 2. The molecular formula is C31H26Cl2N4O4. The van der Waals surface area contributed by atoms with Crippen LogP contribution in [0.5, 0.6) is 0 Å². The standard InChI is InChI=1S/C31H26Cl2N4O4/c1-15-17(6-4-8-23(15)37-25(38)14-24-20(32)7-5-11-36(24)30(37)40)26-21(33)13-19(29(34)39)28-27(26)18-10-9-16(31(2,3)41)12-22(18)35-28/h4-14,25,35,38,41H,1-3H3,(H2,34,39)/t25-/m1/s1. The molecule has 0 saturated carbocycles. The van der Waals surface area contributed by atoms with Crippen LogP contribution in [0.3, 0.4) is 0 Å². The molecule has 0 bridgehead atoms. The molecule has 0 aliphatic carbocycles. The molecule has 3 heterocycles. The number of fused-ring (bicyclic) bond motifs is 4. The van der Waals surface area contributed by atoms with E-state index in [0.717, 1.165) is 5.39 Å². The van der Waals surface area contributed by atoms with Crippen molar-refractivity contribution in [2.75, 3.05) is 4.90 Å². The number of carbonyl (C=O) groups excluding carboxylic acids is 2. The Morgan fingerprint density at radius 1 is 1.15 bits per heavy atom. The van der Waals surface area contributed by atoms with Gasteiger partial charge < -0.3 is 20.9 Å². The molecule has 10 heteroatoms. The molecule has 3 amide bonds. The van der Waals surface area contributed by atoms with Crippen molar-refractivity contribution in [2.45, 2.75) is 32.6 Å². The summed E-state index contributed by atoms with van der Waals surface area (Å²) in [6.45, 7) is 5.23. The maximum Gasteiger partial charge on any atom is 0.335 e. The number of urea groups is 1. The van der Waals surface area contributed by atoms with Gasteiger partial charge in [-0.2, -0.15) is 0 Å². The van der Waals surface area contributed by atoms with Crippen LogP contribution in [0.25, 0.3) is 32.9 Å². The Hall–Kier alpha value is -4.08. The fourth-order valence-corrected chi connectivity index (χ4v) is 6.09. The van der Waals surface area contributed by atoms with Gasteiger partial charge in [0.2, 0.25) is 0 Å². The largest absolute Gasteiger partial charge is 0.386 e. The van der Waals surface area contributed by atoms with Crippen molar-refractivity contribution in [2.24, 2.45) is 5.73 Å². The third-order valence-corrected chi connectivity index (χ3v) is 8.22. The lowest BCUT2D eigenvalue weighted by molar-refractivity contribution is 0.0787. The predicted octanol–water partition coefficient (Wildman–Crippen LogP) is 6.37. The lowest BCUT2D eigenvalue weighted by Gasteiger charge is -2.38. The van der Waals surface area contributed by atoms with E-state index in [1.54, 1.807) is 44.3 Å². The van der Waals surface area contributed by atoms with E-state index in [1.807, 2.05) is 31.2 Å². The Morgan fingerprint density at radius 2 is 1.90 bits per heavy atom. The minimum Gasteiger partial charge on any atom is -0.386 e. The van der Waals surface area contributed by atoms with Crippen LogP contribution >= 0.6 is 23.2 Å². The number of H-pyrrole nitrogens is 1. The number of hydrogen-bond donors (Lipinski definition) is 4. The molecule has 8 nitrogen and oxygen atoms in total. The van der Waals surface area contributed by atoms with Gasteiger partial charge in [-0.05, 0) is 73.9 Å². The molecule has 0 saturated heterocycles. The summed E-state index contributed by atoms with van der Waals surface area (Å²) in [5, 5.41) is 23.7. The maximum atomic E-state index is 13.6. The van der Waals surface area contributed by atoms with E-state index in [-0.39, 0.29) is 5.56 Å². The number of anilines is 1. The van der Waals surface area contributed by atoms with E-state index in [2.05, 4.69) is 4.98 Å². The number of allylic oxidation sites excluding steroid dienone is 3. The predicted molar refractivity (Wildman–Crippen MR) is 162 cm³/mol. The first kappa shape index (κ1) is 27.1. The molecule has 208 valence electrons. The Bertz CT molecular complexity index is 1900. The van der Waals surface area contributed by atoms with Crippen LogP contribution in [0, 0.1) is 6.92 Å². The van der Waals surface area contributed by atoms with Crippen molar-refractivity contribution in [3.8, 4) is 11.1 Å². The number of nitrogens with one attached hydrogen (secondary N) is 1. The molecule has 0 spiro atoms. The summed E-state index contributed by atoms with van der Waals surface area (Å²) in [5.41, 5.74) is 9.67. The van der Waals surface area contributed by atoms with E-state index in [0.29, 0.717) is 60.1 Å². The number of aliphatic hydroxyl groups excluding tert-OH is 1. The Kier molecular flexibility index (Phi) is 6.28. The first-order chi connectivity index (χ1) is 19.4. The average Bonchev–Trinajstić information content (AvgIpc) is 3.28. The summed E-state index contributed by atoms with van der Waals surface area (Å²) < 4.78 is 0. The summed E-state index contributed by atoms with van der Waals surface area (Å²) in [7, 11) is 0. The highest BCUT2D eigenvalue weighted by Gasteiger charge is 2.36. The molecule has 41 heavy (non-hydrogen) atoms. The molecule has 0 radical (unpaired) electrons. The van der Waals surface area contributed by atoms with Gasteiger partial charge in [-0.1, -0.05) is 47.5 Å². The SMILES string of the molecule is Cc1c(-c2c(Cl)cc(C(N)=O)c3[nH]c4cc(C(C)(C)O)ccc4c23)cccc1N1C(=O)N2C=CC=C(Cl)C2=C[C@H]1O. The van der Waals surface area contributed by atoms with Crippen LogP contribution in [-0.2, 0) is 5.60 Å². The molecule has 3 aromatic carbocycles. The quantitative estimate of drug-likeness (QED) is 0.221. The van der Waals surface area contributed by atoms with Crippen molar-refractivity contribution in [1.29, 1.82) is 0 Å². The maximum absolute atomic E-state index is 13.6. The Labute approximate surface area is 245 Å². The van der Waals surface area contributed by atoms with Crippen LogP contribution in [0.15, 0.2) is 77.6 Å². The molecule has 0 fully saturated rings. The molecule has 1 aromatic heterocycles. The number of amides is 3. The molecule has 6 rings (SSSR count). The van der Waals surface area contributed by atoms with Crippen LogP contribution in [-0.4, -0.2) is 38.3 Å². The molecule has 2 aliphatic heterocycles. The highest BCUT2D eigenvalue weighted by Crippen LogP contribution is 2.45. The second-order valence-corrected chi connectivity index (χ2v) is 11.4. The molecular weight excluding hydrogens is 563 g/mol. The number of nitrogens with zero attached hydrogens (tertiary/aromatic N) is 2. The highest BCUT2D eigenvalue weighted by atomic mass is 35.5. The molecule has 1 atom stereocenters. The first-order valence-electron chi connectivity index (χ1n) is 12.9. The fraction of sp³-hybridized carbons (Fsp3) is 0.161. The average molecular weight is 589 g/mol. The van der Waals surface area contributed by atoms with Gasteiger partial charge in [-0.25, -0.2) is 4.79 Å². The van der Waals surface area contributed by atoms with Gasteiger partial charge in [0.05, 0.1) is 33.1 Å². The number of nitrogens with two attached hydrogens (primary N) is 1. The fourth-order valence-electron chi connectivity index (χ4n) is 5.55. The number of hydrogen-bond acceptors (Lipinski definition) is 4. The zero-order valence-electron chi connectivity index (χ0n) is 22.4. The van der Waals surface area contributed by atoms with Gasteiger partial charge >= 0.3 is 6.03 Å². The van der Waals surface area contributed by atoms with E-state index < -0.39 is 23.8 Å². The smallest absolute Gasteiger partial charge is 0.335 e. The molecule has 2 aliphatic rings. The van der Waals surface area contributed by atoms with Crippen LogP contribution in [0.1, 0.15) is 35.3 Å². The topological polar surface area (TPSA) is 123 Å². The van der Waals surface area contributed by atoms with E-state index >= 15 is 0 Å². The van der Waals surface area contributed by atoms with Crippen molar-refractivity contribution in [1.82, 2.24) is 9.88 Å². The van der Waals surface area contributed by atoms with E-state index in [4.69, 9.17) is 28.9 Å². The number of carbonyl (C=O) groups is 2. The van der Waals surface area contributed by atoms with Crippen LogP contribution in [0.4, 0.5) is 10.5 Å². The normalized spacial score (nSPS) is 17.2. The number of rotatable bonds is 4. The zero-order valence-corrected chi connectivity index (χ0v) is 23.9. The second-order valence-electron chi connectivity index (χ2n) is 10.6. The van der Waals surface area contributed by atoms with Gasteiger partial charge in [0.25, 0.3) is 5.91 Å². The highest BCUT2D eigenvalue weighted by molar-refractivity contribution is 6.37. The molecule has 4 aromatic rings. The number of aromatic nitrogens is 1. The van der Waals surface area contributed by atoms with Crippen molar-refractivity contribution in [3.05, 3.63) is 99.3 Å². The first-order valence-corrected chi connectivity index (χ1v) is 13.6. The lowest BCUT2D eigenvalue weighted by Crippen LogP contribution is -2.50. The minimum atomic E-state index is -1.27. The van der Waals surface area contributed by atoms with Crippen LogP contribution < -0.4 is 10.6 Å². The van der Waals surface area contributed by atoms with Crippen LogP contribution in [0.2, 0.25) is 5.02 Å². The van der Waals surface area contributed by atoms with Crippen molar-refractivity contribution in [3.63, 3.8) is 0 Å². The van der Waals surface area contributed by atoms with Crippen molar-refractivity contribution >= 4 is 62.6 Å². The lowest BCUT2D eigenvalue weighted by atomic mass is 9.92. The Balaban J connectivity index is 1.59. The van der Waals surface area contributed by atoms with Gasteiger partial charge in [0.15, 0.2) is 6.23 Å². The summed E-state index contributed by atoms with van der Waals surface area (Å²) in [4.78, 5) is 32.0. The number of primary amides is 1. The summed E-state index contributed by atoms with van der Waals surface area (Å²) in [5.74, 6) is -0.643. The molecule has 0 unspecified atom stereocenters. The van der Waals surface area contributed by atoms with Gasteiger partial charge in [0.1, 0.15) is 0 Å². The van der Waals surface area contributed by atoms with Gasteiger partial charge in [-0.15, -0.1) is 0 Å².